The molecule has 0 aliphatic heterocycles. The van der Waals surface area contributed by atoms with Crippen molar-refractivity contribution in [3.05, 3.63) is 30.1 Å². The molecule has 12 heteroatoms. The van der Waals surface area contributed by atoms with Gasteiger partial charge in [0.15, 0.2) is 4.34 Å². The number of anilines is 2. The number of nitrogens with one attached hydrogen (secondary N) is 1. The van der Waals surface area contributed by atoms with E-state index in [0.29, 0.717) is 14.6 Å². The maximum atomic E-state index is 14.2. The number of carbonyl (C=O) groups excluding carboxylic acids is 1. The van der Waals surface area contributed by atoms with Crippen molar-refractivity contribution in [1.29, 1.82) is 0 Å². The average molecular weight is 448 g/mol. The molecule has 0 bridgehead atoms. The van der Waals surface area contributed by atoms with Crippen LogP contribution in [-0.2, 0) is 15.0 Å². The number of halogens is 1. The Kier molecular flexibility index (Phi) is 7.75. The topological polar surface area (TPSA) is 95.5 Å². The molecule has 1 heterocycles. The van der Waals surface area contributed by atoms with E-state index in [1.54, 1.807) is 0 Å². The number of amides is 1. The van der Waals surface area contributed by atoms with E-state index >= 15 is 0 Å². The monoisotopic (exact) mass is 447 g/mol. The molecule has 0 fully saturated rings. The van der Waals surface area contributed by atoms with Crippen LogP contribution >= 0.6 is 23.1 Å². The molecule has 1 amide bonds. The van der Waals surface area contributed by atoms with E-state index in [-0.39, 0.29) is 10.8 Å². The number of thioether (sulfide) groups is 1. The normalized spacial score (nSPS) is 11.8. The lowest BCUT2D eigenvalue weighted by atomic mass is 10.3. The van der Waals surface area contributed by atoms with E-state index in [9.17, 15) is 17.6 Å². The van der Waals surface area contributed by atoms with Gasteiger partial charge in [0.05, 0.1) is 5.69 Å². The lowest BCUT2D eigenvalue weighted by molar-refractivity contribution is -0.114. The fourth-order valence-corrected chi connectivity index (χ4v) is 4.80. The molecule has 1 N–H and O–H groups in total. The SMILES string of the molecule is CC(C)CSc1nnc(NC(=O)CN(c2ccccc2F)S(=O)(=O)N(C)C)s1. The van der Waals surface area contributed by atoms with Crippen LogP contribution in [0.2, 0.25) is 0 Å². The first-order chi connectivity index (χ1) is 13.1. The number of rotatable bonds is 9. The van der Waals surface area contributed by atoms with Gasteiger partial charge in [0.1, 0.15) is 12.4 Å². The summed E-state index contributed by atoms with van der Waals surface area (Å²) >= 11 is 2.73. The molecule has 0 aliphatic rings. The molecule has 0 spiro atoms. The number of hydrogen-bond donors (Lipinski definition) is 1. The summed E-state index contributed by atoms with van der Waals surface area (Å²) in [6, 6.07) is 5.37. The van der Waals surface area contributed by atoms with Crippen LogP contribution in [0.4, 0.5) is 15.2 Å². The minimum absolute atomic E-state index is 0.211. The Morgan fingerprint density at radius 3 is 2.57 bits per heavy atom. The van der Waals surface area contributed by atoms with Crippen molar-refractivity contribution in [3.8, 4) is 0 Å². The zero-order valence-corrected chi connectivity index (χ0v) is 18.4. The molecule has 0 unspecified atom stereocenters. The van der Waals surface area contributed by atoms with Crippen LogP contribution < -0.4 is 9.62 Å². The minimum atomic E-state index is -4.09. The molecule has 0 saturated heterocycles. The van der Waals surface area contributed by atoms with Gasteiger partial charge < -0.3 is 0 Å². The number of carbonyl (C=O) groups is 1. The van der Waals surface area contributed by atoms with Crippen molar-refractivity contribution in [1.82, 2.24) is 14.5 Å². The van der Waals surface area contributed by atoms with Gasteiger partial charge in [-0.1, -0.05) is 49.1 Å². The van der Waals surface area contributed by atoms with Crippen molar-refractivity contribution in [2.75, 3.05) is 36.0 Å². The molecule has 0 atom stereocenters. The lowest BCUT2D eigenvalue weighted by Crippen LogP contribution is -2.44. The summed E-state index contributed by atoms with van der Waals surface area (Å²) in [7, 11) is -1.47. The Bertz CT molecular complexity index is 918. The smallest absolute Gasteiger partial charge is 0.299 e. The molecular weight excluding hydrogens is 425 g/mol. The third-order valence-corrected chi connectivity index (χ3v) is 7.55. The Hall–Kier alpha value is -1.76. The number of hydrogen-bond acceptors (Lipinski definition) is 7. The van der Waals surface area contributed by atoms with E-state index in [0.717, 1.165) is 16.1 Å². The molecule has 1 aromatic carbocycles. The summed E-state index contributed by atoms with van der Waals surface area (Å²) in [6.07, 6.45) is 0. The molecule has 154 valence electrons. The highest BCUT2D eigenvalue weighted by molar-refractivity contribution is 8.01. The van der Waals surface area contributed by atoms with Gasteiger partial charge in [-0.05, 0) is 18.1 Å². The summed E-state index contributed by atoms with van der Waals surface area (Å²) in [6.45, 7) is 3.56. The first kappa shape index (κ1) is 22.5. The first-order valence-corrected chi connectivity index (χ1v) is 11.5. The van der Waals surface area contributed by atoms with E-state index in [1.165, 1.54) is 55.4 Å². The first-order valence-electron chi connectivity index (χ1n) is 8.32. The third kappa shape index (κ3) is 5.87. The van der Waals surface area contributed by atoms with Crippen LogP contribution in [0.15, 0.2) is 28.6 Å². The Morgan fingerprint density at radius 2 is 1.96 bits per heavy atom. The van der Waals surface area contributed by atoms with E-state index in [4.69, 9.17) is 0 Å². The maximum Gasteiger partial charge on any atom is 0.304 e. The van der Waals surface area contributed by atoms with Crippen LogP contribution in [0.5, 0.6) is 0 Å². The molecule has 8 nitrogen and oxygen atoms in total. The number of para-hydroxylation sites is 1. The minimum Gasteiger partial charge on any atom is -0.299 e. The van der Waals surface area contributed by atoms with Crippen molar-refractivity contribution in [2.45, 2.75) is 18.2 Å². The number of benzene rings is 1. The fourth-order valence-electron chi connectivity index (χ4n) is 1.99. The molecule has 0 aliphatic carbocycles. The fraction of sp³-hybridized carbons (Fsp3) is 0.438. The Morgan fingerprint density at radius 1 is 1.29 bits per heavy atom. The van der Waals surface area contributed by atoms with Crippen LogP contribution in [0.25, 0.3) is 0 Å². The quantitative estimate of drug-likeness (QED) is 0.469. The standard InChI is InChI=1S/C16H22FN5O3S3/c1-11(2)10-26-16-20-19-15(27-16)18-14(23)9-22(28(24,25)21(3)4)13-8-6-5-7-12(13)17/h5-8,11H,9-10H2,1-4H3,(H,18,19,23). The van der Waals surface area contributed by atoms with Gasteiger partial charge in [-0.3, -0.25) is 10.1 Å². The maximum absolute atomic E-state index is 14.2. The van der Waals surface area contributed by atoms with Crippen LogP contribution in [0.1, 0.15) is 13.8 Å². The number of aromatic nitrogens is 2. The van der Waals surface area contributed by atoms with Crippen molar-refractivity contribution < 1.29 is 17.6 Å². The predicted octanol–water partition coefficient (Wildman–Crippen LogP) is 2.68. The summed E-state index contributed by atoms with van der Waals surface area (Å²) < 4.78 is 41.7. The molecule has 1 aromatic heterocycles. The van der Waals surface area contributed by atoms with Crippen LogP contribution in [-0.4, -0.2) is 55.2 Å². The molecular formula is C16H22FN5O3S3. The largest absolute Gasteiger partial charge is 0.304 e. The molecule has 0 saturated carbocycles. The number of nitrogens with zero attached hydrogens (tertiary/aromatic N) is 4. The second-order valence-electron chi connectivity index (χ2n) is 6.37. The highest BCUT2D eigenvalue weighted by Gasteiger charge is 2.29. The summed E-state index contributed by atoms with van der Waals surface area (Å²) in [4.78, 5) is 12.4. The lowest BCUT2D eigenvalue weighted by Gasteiger charge is -2.26. The van der Waals surface area contributed by atoms with Crippen molar-refractivity contribution in [3.63, 3.8) is 0 Å². The highest BCUT2D eigenvalue weighted by Crippen LogP contribution is 2.27. The van der Waals surface area contributed by atoms with E-state index < -0.39 is 28.5 Å². The van der Waals surface area contributed by atoms with E-state index in [2.05, 4.69) is 29.4 Å². The van der Waals surface area contributed by atoms with Crippen molar-refractivity contribution >= 4 is 50.0 Å². The predicted molar refractivity (Wildman–Crippen MR) is 110 cm³/mol. The molecule has 2 rings (SSSR count). The van der Waals surface area contributed by atoms with Crippen LogP contribution in [0, 0.1) is 11.7 Å². The molecule has 0 radical (unpaired) electrons. The van der Waals surface area contributed by atoms with Gasteiger partial charge >= 0.3 is 10.2 Å². The van der Waals surface area contributed by atoms with Gasteiger partial charge in [0, 0.05) is 19.8 Å². The Labute approximate surface area is 172 Å². The van der Waals surface area contributed by atoms with Gasteiger partial charge in [-0.2, -0.15) is 12.7 Å². The zero-order valence-electron chi connectivity index (χ0n) is 15.9. The summed E-state index contributed by atoms with van der Waals surface area (Å²) in [5.41, 5.74) is -0.211. The highest BCUT2D eigenvalue weighted by atomic mass is 32.2. The zero-order chi connectivity index (χ0) is 20.9. The van der Waals surface area contributed by atoms with Crippen LogP contribution in [0.3, 0.4) is 0 Å². The molecule has 28 heavy (non-hydrogen) atoms. The second kappa shape index (κ2) is 9.63. The molecule has 2 aromatic rings. The average Bonchev–Trinajstić information content (AvgIpc) is 3.05. The van der Waals surface area contributed by atoms with Gasteiger partial charge in [-0.15, -0.1) is 10.2 Å². The van der Waals surface area contributed by atoms with Gasteiger partial charge in [0.2, 0.25) is 11.0 Å². The summed E-state index contributed by atoms with van der Waals surface area (Å²) in [5, 5.41) is 10.7. The summed E-state index contributed by atoms with van der Waals surface area (Å²) in [5.74, 6) is -0.0446. The van der Waals surface area contributed by atoms with Gasteiger partial charge in [0.25, 0.3) is 0 Å². The van der Waals surface area contributed by atoms with Gasteiger partial charge in [-0.25, -0.2) is 8.70 Å². The Balaban J connectivity index is 2.16. The van der Waals surface area contributed by atoms with E-state index in [1.807, 2.05) is 0 Å². The van der Waals surface area contributed by atoms with Crippen molar-refractivity contribution in [2.24, 2.45) is 5.92 Å². The third-order valence-electron chi connectivity index (χ3n) is 3.34. The second-order valence-corrected chi connectivity index (χ2v) is 10.7.